The molecule has 2 aromatic rings. The molecule has 2 nitrogen and oxygen atoms in total. The van der Waals surface area contributed by atoms with Crippen molar-refractivity contribution >= 4 is 0 Å². The van der Waals surface area contributed by atoms with E-state index >= 15 is 0 Å². The largest absolute Gasteiger partial charge is 0.388 e. The van der Waals surface area contributed by atoms with Crippen molar-refractivity contribution in [3.8, 4) is 0 Å². The first-order valence-corrected chi connectivity index (χ1v) is 6.00. The Hall–Kier alpha value is -1.67. The summed E-state index contributed by atoms with van der Waals surface area (Å²) in [7, 11) is 0. The maximum absolute atomic E-state index is 10.3. The number of nitrogens with zero attached hydrogens (tertiary/aromatic N) is 1. The van der Waals surface area contributed by atoms with E-state index in [2.05, 4.69) is 11.1 Å². The van der Waals surface area contributed by atoms with Crippen LogP contribution in [0.5, 0.6) is 0 Å². The van der Waals surface area contributed by atoms with Crippen LogP contribution in [0, 0.1) is 5.92 Å². The summed E-state index contributed by atoms with van der Waals surface area (Å²) in [6, 6.07) is 14.1. The monoisotopic (exact) mass is 225 g/mol. The summed E-state index contributed by atoms with van der Waals surface area (Å²) in [6.07, 6.45) is 3.27. The Labute approximate surface area is 101 Å². The number of hydrogen-bond donors (Lipinski definition) is 1. The maximum atomic E-state index is 10.3. The summed E-state index contributed by atoms with van der Waals surface area (Å²) in [5.74, 6) is 0.266. The van der Waals surface area contributed by atoms with Crippen molar-refractivity contribution < 1.29 is 5.11 Å². The minimum atomic E-state index is -0.340. The van der Waals surface area contributed by atoms with Crippen molar-refractivity contribution in [3.63, 3.8) is 0 Å². The first-order chi connectivity index (χ1) is 8.34. The van der Waals surface area contributed by atoms with Gasteiger partial charge >= 0.3 is 0 Å². The SMILES string of the molecule is OC1c2ccccc2CC1Cc1ccccn1. The molecule has 0 fully saturated rings. The van der Waals surface area contributed by atoms with Gasteiger partial charge in [0.25, 0.3) is 0 Å². The van der Waals surface area contributed by atoms with E-state index in [4.69, 9.17) is 0 Å². The van der Waals surface area contributed by atoms with Gasteiger partial charge in [0.2, 0.25) is 0 Å². The average Bonchev–Trinajstić information content (AvgIpc) is 2.68. The van der Waals surface area contributed by atoms with Gasteiger partial charge in [-0.3, -0.25) is 4.98 Å². The zero-order valence-electron chi connectivity index (χ0n) is 9.58. The van der Waals surface area contributed by atoms with Crippen LogP contribution in [0.25, 0.3) is 0 Å². The summed E-state index contributed by atoms with van der Waals surface area (Å²) >= 11 is 0. The molecule has 17 heavy (non-hydrogen) atoms. The third-order valence-corrected chi connectivity index (χ3v) is 3.50. The van der Waals surface area contributed by atoms with Gasteiger partial charge in [-0.25, -0.2) is 0 Å². The van der Waals surface area contributed by atoms with Crippen LogP contribution in [0.15, 0.2) is 48.7 Å². The second-order valence-electron chi connectivity index (χ2n) is 4.63. The number of fused-ring (bicyclic) bond motifs is 1. The lowest BCUT2D eigenvalue weighted by molar-refractivity contribution is 0.123. The van der Waals surface area contributed by atoms with Crippen molar-refractivity contribution in [2.75, 3.05) is 0 Å². The molecule has 1 N–H and O–H groups in total. The van der Waals surface area contributed by atoms with Gasteiger partial charge in [-0.15, -0.1) is 0 Å². The second kappa shape index (κ2) is 4.30. The van der Waals surface area contributed by atoms with E-state index in [0.717, 1.165) is 24.1 Å². The summed E-state index contributed by atoms with van der Waals surface area (Å²) in [5, 5.41) is 10.3. The fourth-order valence-electron chi connectivity index (χ4n) is 2.63. The lowest BCUT2D eigenvalue weighted by atomic mass is 9.97. The first kappa shape index (κ1) is 10.5. The molecule has 2 unspecified atom stereocenters. The fourth-order valence-corrected chi connectivity index (χ4v) is 2.63. The van der Waals surface area contributed by atoms with Gasteiger partial charge in [0, 0.05) is 11.9 Å². The Morgan fingerprint density at radius 3 is 2.71 bits per heavy atom. The van der Waals surface area contributed by atoms with Crippen molar-refractivity contribution in [1.29, 1.82) is 0 Å². The molecule has 1 aromatic carbocycles. The van der Waals surface area contributed by atoms with E-state index in [9.17, 15) is 5.11 Å². The molecular weight excluding hydrogens is 210 g/mol. The fraction of sp³-hybridized carbons (Fsp3) is 0.267. The summed E-state index contributed by atoms with van der Waals surface area (Å²) < 4.78 is 0. The van der Waals surface area contributed by atoms with Crippen LogP contribution < -0.4 is 0 Å². The number of benzene rings is 1. The van der Waals surface area contributed by atoms with Crippen LogP contribution in [0.3, 0.4) is 0 Å². The predicted molar refractivity (Wildman–Crippen MR) is 66.5 cm³/mol. The minimum absolute atomic E-state index is 0.266. The molecule has 0 aliphatic heterocycles. The molecule has 3 rings (SSSR count). The highest BCUT2D eigenvalue weighted by atomic mass is 16.3. The van der Waals surface area contributed by atoms with Crippen molar-refractivity contribution in [2.24, 2.45) is 5.92 Å². The van der Waals surface area contributed by atoms with Gasteiger partial charge in [-0.2, -0.15) is 0 Å². The van der Waals surface area contributed by atoms with Crippen LogP contribution in [-0.2, 0) is 12.8 Å². The number of aliphatic hydroxyl groups excluding tert-OH is 1. The molecule has 1 heterocycles. The molecule has 86 valence electrons. The molecule has 0 saturated carbocycles. The molecule has 0 amide bonds. The molecule has 0 saturated heterocycles. The highest BCUT2D eigenvalue weighted by molar-refractivity contribution is 5.34. The number of pyridine rings is 1. The highest BCUT2D eigenvalue weighted by Gasteiger charge is 2.30. The lowest BCUT2D eigenvalue weighted by Gasteiger charge is -2.14. The van der Waals surface area contributed by atoms with Crippen molar-refractivity contribution in [1.82, 2.24) is 4.98 Å². The van der Waals surface area contributed by atoms with Gasteiger partial charge < -0.3 is 5.11 Å². The lowest BCUT2D eigenvalue weighted by Crippen LogP contribution is -2.11. The smallest absolute Gasteiger partial charge is 0.0827 e. The quantitative estimate of drug-likeness (QED) is 0.852. The van der Waals surface area contributed by atoms with Gasteiger partial charge in [0.1, 0.15) is 0 Å². The molecular formula is C15H15NO. The van der Waals surface area contributed by atoms with Crippen LogP contribution >= 0.6 is 0 Å². The van der Waals surface area contributed by atoms with Gasteiger partial charge in [-0.05, 0) is 42.0 Å². The summed E-state index contributed by atoms with van der Waals surface area (Å²) in [4.78, 5) is 4.33. The molecule has 2 atom stereocenters. The topological polar surface area (TPSA) is 33.1 Å². The van der Waals surface area contributed by atoms with E-state index in [1.165, 1.54) is 5.56 Å². The summed E-state index contributed by atoms with van der Waals surface area (Å²) in [6.45, 7) is 0. The Morgan fingerprint density at radius 1 is 1.12 bits per heavy atom. The highest BCUT2D eigenvalue weighted by Crippen LogP contribution is 2.37. The Bertz CT molecular complexity index is 509. The predicted octanol–water partition coefficient (Wildman–Crippen LogP) is 2.53. The third-order valence-electron chi connectivity index (χ3n) is 3.50. The Balaban J connectivity index is 1.81. The molecule has 0 bridgehead atoms. The van der Waals surface area contributed by atoms with E-state index in [1.54, 1.807) is 0 Å². The second-order valence-corrected chi connectivity index (χ2v) is 4.63. The van der Waals surface area contributed by atoms with Crippen LogP contribution in [0.2, 0.25) is 0 Å². The molecule has 1 aliphatic carbocycles. The number of hydrogen-bond acceptors (Lipinski definition) is 2. The van der Waals surface area contributed by atoms with E-state index in [1.807, 2.05) is 42.6 Å². The van der Waals surface area contributed by atoms with Crippen LogP contribution in [-0.4, -0.2) is 10.1 Å². The molecule has 0 radical (unpaired) electrons. The number of aromatic nitrogens is 1. The third kappa shape index (κ3) is 1.96. The maximum Gasteiger partial charge on any atom is 0.0827 e. The van der Waals surface area contributed by atoms with Gasteiger partial charge in [-0.1, -0.05) is 30.3 Å². The molecule has 1 aliphatic rings. The van der Waals surface area contributed by atoms with Crippen LogP contribution in [0.1, 0.15) is 22.9 Å². The van der Waals surface area contributed by atoms with Gasteiger partial charge in [0.05, 0.1) is 6.10 Å². The standard InChI is InChI=1S/C15H15NO/c17-15-12(10-13-6-3-4-8-16-13)9-11-5-1-2-7-14(11)15/h1-8,12,15,17H,9-10H2. The average molecular weight is 225 g/mol. The first-order valence-electron chi connectivity index (χ1n) is 6.00. The Kier molecular flexibility index (Phi) is 2.65. The minimum Gasteiger partial charge on any atom is -0.388 e. The molecule has 1 aromatic heterocycles. The number of aliphatic hydroxyl groups is 1. The molecule has 0 spiro atoms. The van der Waals surface area contributed by atoms with E-state index in [0.29, 0.717) is 0 Å². The molecule has 2 heteroatoms. The van der Waals surface area contributed by atoms with Crippen molar-refractivity contribution in [2.45, 2.75) is 18.9 Å². The zero-order chi connectivity index (χ0) is 11.7. The normalized spacial score (nSPS) is 22.4. The number of rotatable bonds is 2. The Morgan fingerprint density at radius 2 is 1.94 bits per heavy atom. The van der Waals surface area contributed by atoms with Gasteiger partial charge in [0.15, 0.2) is 0 Å². The summed E-state index contributed by atoms with van der Waals surface area (Å²) in [5.41, 5.74) is 3.43. The van der Waals surface area contributed by atoms with Crippen LogP contribution in [0.4, 0.5) is 0 Å². The van der Waals surface area contributed by atoms with E-state index < -0.39 is 0 Å². The zero-order valence-corrected chi connectivity index (χ0v) is 9.58. The van der Waals surface area contributed by atoms with Crippen molar-refractivity contribution in [3.05, 3.63) is 65.5 Å². The van der Waals surface area contributed by atoms with E-state index in [-0.39, 0.29) is 12.0 Å².